The molecule has 2 saturated carbocycles. The summed E-state index contributed by atoms with van der Waals surface area (Å²) in [6, 6.07) is 4.91. The molecule has 27 heavy (non-hydrogen) atoms. The number of hydrogen-bond donors (Lipinski definition) is 2. The first-order valence-corrected chi connectivity index (χ1v) is 11.2. The smallest absolute Gasteiger partial charge is 0.423 e. The predicted octanol–water partition coefficient (Wildman–Crippen LogP) is 5.17. The minimum Gasteiger partial charge on any atom is -0.423 e. The van der Waals surface area contributed by atoms with Crippen molar-refractivity contribution in [3.63, 3.8) is 0 Å². The number of hydrogen-bond acceptors (Lipinski definition) is 2. The highest BCUT2D eigenvalue weighted by atomic mass is 19.1. The summed E-state index contributed by atoms with van der Waals surface area (Å²) in [6.45, 7) is 2.31. The topological polar surface area (TPSA) is 40.5 Å². The summed E-state index contributed by atoms with van der Waals surface area (Å²) in [6.07, 6.45) is 16.1. The zero-order valence-corrected chi connectivity index (χ0v) is 16.9. The first-order valence-electron chi connectivity index (χ1n) is 11.2. The van der Waals surface area contributed by atoms with Crippen molar-refractivity contribution in [2.45, 2.75) is 89.9 Å². The Kier molecular flexibility index (Phi) is 7.78. The molecule has 0 atom stereocenters. The molecule has 2 aliphatic carbocycles. The highest BCUT2D eigenvalue weighted by molar-refractivity contribution is 6.58. The van der Waals surface area contributed by atoms with Crippen LogP contribution in [0.5, 0.6) is 0 Å². The van der Waals surface area contributed by atoms with Gasteiger partial charge in [0.1, 0.15) is 5.82 Å². The van der Waals surface area contributed by atoms with Crippen molar-refractivity contribution < 1.29 is 14.4 Å². The van der Waals surface area contributed by atoms with Crippen molar-refractivity contribution in [2.24, 2.45) is 17.8 Å². The van der Waals surface area contributed by atoms with Crippen LogP contribution < -0.4 is 5.46 Å². The SMILES string of the molecule is CCC[C@H]1CC[C@H](CCC2CCC(c3ccc(B(O)O)c(F)c3)CC2)CC1. The number of rotatable bonds is 7. The fourth-order valence-corrected chi connectivity index (χ4v) is 5.48. The summed E-state index contributed by atoms with van der Waals surface area (Å²) in [5.41, 5.74) is 0.991. The second kappa shape index (κ2) is 10.1. The van der Waals surface area contributed by atoms with E-state index in [9.17, 15) is 4.39 Å². The van der Waals surface area contributed by atoms with E-state index in [4.69, 9.17) is 10.0 Å². The molecule has 2 nitrogen and oxygen atoms in total. The third-order valence-electron chi connectivity index (χ3n) is 7.27. The highest BCUT2D eigenvalue weighted by Gasteiger charge is 2.26. The van der Waals surface area contributed by atoms with Gasteiger partial charge in [-0.15, -0.1) is 0 Å². The van der Waals surface area contributed by atoms with Crippen LogP contribution in [0.3, 0.4) is 0 Å². The second-order valence-electron chi connectivity index (χ2n) is 9.13. The Balaban J connectivity index is 1.40. The molecule has 0 aromatic heterocycles. The predicted molar refractivity (Wildman–Crippen MR) is 111 cm³/mol. The molecule has 4 heteroatoms. The maximum Gasteiger partial charge on any atom is 0.491 e. The van der Waals surface area contributed by atoms with Gasteiger partial charge in [0.25, 0.3) is 0 Å². The summed E-state index contributed by atoms with van der Waals surface area (Å²) >= 11 is 0. The van der Waals surface area contributed by atoms with Gasteiger partial charge in [-0.2, -0.15) is 0 Å². The van der Waals surface area contributed by atoms with Gasteiger partial charge >= 0.3 is 7.12 Å². The quantitative estimate of drug-likeness (QED) is 0.647. The minimum atomic E-state index is -1.73. The molecule has 0 aliphatic heterocycles. The van der Waals surface area contributed by atoms with Gasteiger partial charge in [-0.05, 0) is 61.0 Å². The normalized spacial score (nSPS) is 28.9. The van der Waals surface area contributed by atoms with E-state index in [2.05, 4.69) is 6.92 Å². The van der Waals surface area contributed by atoms with Gasteiger partial charge in [0.15, 0.2) is 0 Å². The molecular weight excluding hydrogens is 338 g/mol. The lowest BCUT2D eigenvalue weighted by Crippen LogP contribution is -2.32. The molecule has 3 rings (SSSR count). The van der Waals surface area contributed by atoms with E-state index in [-0.39, 0.29) is 5.46 Å². The van der Waals surface area contributed by atoms with Gasteiger partial charge in [-0.1, -0.05) is 70.4 Å². The molecule has 1 aromatic rings. The second-order valence-corrected chi connectivity index (χ2v) is 9.13. The third-order valence-corrected chi connectivity index (χ3v) is 7.27. The molecule has 150 valence electrons. The average molecular weight is 374 g/mol. The maximum atomic E-state index is 14.0. The Morgan fingerprint density at radius 2 is 1.37 bits per heavy atom. The lowest BCUT2D eigenvalue weighted by molar-refractivity contribution is 0.224. The monoisotopic (exact) mass is 374 g/mol. The van der Waals surface area contributed by atoms with Gasteiger partial charge in [0.05, 0.1) is 0 Å². The van der Waals surface area contributed by atoms with Crippen LogP contribution >= 0.6 is 0 Å². The van der Waals surface area contributed by atoms with Crippen molar-refractivity contribution in [3.8, 4) is 0 Å². The van der Waals surface area contributed by atoms with Crippen molar-refractivity contribution in [3.05, 3.63) is 29.6 Å². The van der Waals surface area contributed by atoms with E-state index in [1.165, 1.54) is 76.3 Å². The van der Waals surface area contributed by atoms with E-state index in [0.29, 0.717) is 5.92 Å². The summed E-state index contributed by atoms with van der Waals surface area (Å²) in [5.74, 6) is 2.73. The van der Waals surface area contributed by atoms with Crippen LogP contribution in [0.4, 0.5) is 4.39 Å². The summed E-state index contributed by atoms with van der Waals surface area (Å²) in [5, 5.41) is 18.3. The van der Waals surface area contributed by atoms with Gasteiger partial charge in [-0.3, -0.25) is 0 Å². The van der Waals surface area contributed by atoms with Crippen LogP contribution in [0, 0.1) is 23.6 Å². The third kappa shape index (κ3) is 5.81. The van der Waals surface area contributed by atoms with Crippen LogP contribution in [0.1, 0.15) is 95.5 Å². The Labute approximate surface area is 164 Å². The summed E-state index contributed by atoms with van der Waals surface area (Å²) in [4.78, 5) is 0. The summed E-state index contributed by atoms with van der Waals surface area (Å²) in [7, 11) is -1.73. The lowest BCUT2D eigenvalue weighted by atomic mass is 9.73. The van der Waals surface area contributed by atoms with Crippen LogP contribution in [-0.2, 0) is 0 Å². The molecule has 1 aromatic carbocycles. The van der Waals surface area contributed by atoms with E-state index < -0.39 is 12.9 Å². The largest absolute Gasteiger partial charge is 0.491 e. The van der Waals surface area contributed by atoms with E-state index in [1.807, 2.05) is 6.07 Å². The molecule has 0 saturated heterocycles. The van der Waals surface area contributed by atoms with Crippen molar-refractivity contribution in [1.82, 2.24) is 0 Å². The van der Waals surface area contributed by atoms with E-state index >= 15 is 0 Å². The molecular formula is C23H36BFO2. The number of halogens is 1. The van der Waals surface area contributed by atoms with E-state index in [1.54, 1.807) is 0 Å². The molecule has 0 amide bonds. The lowest BCUT2D eigenvalue weighted by Gasteiger charge is -2.32. The van der Waals surface area contributed by atoms with Gasteiger partial charge < -0.3 is 10.0 Å². The fourth-order valence-electron chi connectivity index (χ4n) is 5.48. The molecule has 0 heterocycles. The first-order chi connectivity index (χ1) is 13.1. The molecule has 2 N–H and O–H groups in total. The standard InChI is InChI=1S/C23H36BFO2/c1-2-3-17-4-6-18(7-5-17)8-9-19-10-12-20(13-11-19)21-14-15-22(24(26)27)23(25)16-21/h14-20,26-27H,2-13H2,1H3/t17-,18-,19?,20?. The van der Waals surface area contributed by atoms with Crippen LogP contribution in [0.25, 0.3) is 0 Å². The number of benzene rings is 1. The maximum absolute atomic E-state index is 14.0. The van der Waals surface area contributed by atoms with Crippen LogP contribution in [0.15, 0.2) is 18.2 Å². The molecule has 2 fully saturated rings. The van der Waals surface area contributed by atoms with Gasteiger partial charge in [0.2, 0.25) is 0 Å². The average Bonchev–Trinajstić information content (AvgIpc) is 2.68. The van der Waals surface area contributed by atoms with Gasteiger partial charge in [0, 0.05) is 5.46 Å². The fraction of sp³-hybridized carbons (Fsp3) is 0.739. The highest BCUT2D eigenvalue weighted by Crippen LogP contribution is 2.40. The van der Waals surface area contributed by atoms with Crippen molar-refractivity contribution in [1.29, 1.82) is 0 Å². The molecule has 0 spiro atoms. The van der Waals surface area contributed by atoms with Crippen molar-refractivity contribution >= 4 is 12.6 Å². The van der Waals surface area contributed by atoms with Crippen LogP contribution in [-0.4, -0.2) is 17.2 Å². The van der Waals surface area contributed by atoms with Crippen molar-refractivity contribution in [2.75, 3.05) is 0 Å². The van der Waals surface area contributed by atoms with Crippen LogP contribution in [0.2, 0.25) is 0 Å². The molecule has 0 unspecified atom stereocenters. The Bertz CT molecular complexity index is 576. The molecule has 2 aliphatic rings. The Morgan fingerprint density at radius 1 is 0.852 bits per heavy atom. The van der Waals surface area contributed by atoms with E-state index in [0.717, 1.165) is 36.2 Å². The molecule has 0 bridgehead atoms. The Hall–Kier alpha value is -0.865. The zero-order chi connectivity index (χ0) is 19.2. The van der Waals surface area contributed by atoms with Gasteiger partial charge in [-0.25, -0.2) is 4.39 Å². The Morgan fingerprint density at radius 3 is 1.85 bits per heavy atom. The summed E-state index contributed by atoms with van der Waals surface area (Å²) < 4.78 is 14.0. The first kappa shape index (κ1) is 20.9. The molecule has 0 radical (unpaired) electrons. The zero-order valence-electron chi connectivity index (χ0n) is 16.9. The minimum absolute atomic E-state index is 0.0268.